The van der Waals surface area contributed by atoms with Crippen LogP contribution < -0.4 is 0 Å². The zero-order valence-electron chi connectivity index (χ0n) is 8.02. The van der Waals surface area contributed by atoms with Crippen molar-refractivity contribution in [1.29, 1.82) is 0 Å². The quantitative estimate of drug-likeness (QED) is 0.664. The van der Waals surface area contributed by atoms with Crippen molar-refractivity contribution in [2.45, 2.75) is 0 Å². The predicted molar refractivity (Wildman–Crippen MR) is 66.2 cm³/mol. The molecular formula is C11H6BrFN2S. The molecule has 80 valence electrons. The average molecular weight is 297 g/mol. The molecule has 5 heteroatoms. The molecule has 0 N–H and O–H groups in total. The Kier molecular flexibility index (Phi) is 2.29. The number of hydrogen-bond donors (Lipinski definition) is 0. The average Bonchev–Trinajstić information content (AvgIpc) is 2.83. The maximum absolute atomic E-state index is 13.0. The number of halogens is 2. The van der Waals surface area contributed by atoms with Crippen molar-refractivity contribution in [3.63, 3.8) is 0 Å². The van der Waals surface area contributed by atoms with Gasteiger partial charge in [-0.15, -0.1) is 11.3 Å². The van der Waals surface area contributed by atoms with E-state index in [9.17, 15) is 4.39 Å². The minimum Gasteiger partial charge on any atom is -0.303 e. The Bertz CT molecular complexity index is 659. The van der Waals surface area contributed by atoms with E-state index < -0.39 is 0 Å². The van der Waals surface area contributed by atoms with E-state index in [4.69, 9.17) is 0 Å². The minimum absolute atomic E-state index is 0.260. The summed E-state index contributed by atoms with van der Waals surface area (Å²) in [5.74, 6) is -0.260. The molecule has 0 aliphatic carbocycles. The number of fused-ring (bicyclic) bond motifs is 1. The molecule has 0 spiro atoms. The molecule has 0 aliphatic heterocycles. The molecule has 0 saturated heterocycles. The van der Waals surface area contributed by atoms with Crippen molar-refractivity contribution in [1.82, 2.24) is 9.38 Å². The van der Waals surface area contributed by atoms with E-state index in [1.807, 2.05) is 18.3 Å². The summed E-state index contributed by atoms with van der Waals surface area (Å²) in [7, 11) is 0. The van der Waals surface area contributed by atoms with Gasteiger partial charge in [0.2, 0.25) is 0 Å². The molecule has 3 rings (SSSR count). The van der Waals surface area contributed by atoms with Gasteiger partial charge in [-0.3, -0.25) is 0 Å². The Balaban J connectivity index is 2.18. The van der Waals surface area contributed by atoms with E-state index in [-0.39, 0.29) is 5.82 Å². The topological polar surface area (TPSA) is 17.3 Å². The molecule has 0 atom stereocenters. The van der Waals surface area contributed by atoms with Crippen LogP contribution in [0, 0.1) is 5.82 Å². The highest BCUT2D eigenvalue weighted by molar-refractivity contribution is 9.11. The van der Waals surface area contributed by atoms with Crippen LogP contribution in [0.15, 0.2) is 40.4 Å². The Morgan fingerprint density at radius 1 is 1.19 bits per heavy atom. The van der Waals surface area contributed by atoms with Crippen LogP contribution in [0.25, 0.3) is 16.2 Å². The van der Waals surface area contributed by atoms with Crippen molar-refractivity contribution in [2.24, 2.45) is 0 Å². The van der Waals surface area contributed by atoms with E-state index in [0.717, 1.165) is 20.0 Å². The summed E-state index contributed by atoms with van der Waals surface area (Å²) in [5.41, 5.74) is 1.61. The predicted octanol–water partition coefficient (Wildman–Crippen LogP) is 3.96. The Labute approximate surface area is 103 Å². The van der Waals surface area contributed by atoms with Crippen molar-refractivity contribution in [2.75, 3.05) is 0 Å². The summed E-state index contributed by atoms with van der Waals surface area (Å²) in [6, 6.07) is 7.05. The molecule has 0 aliphatic rings. The lowest BCUT2D eigenvalue weighted by Crippen LogP contribution is -1.83. The highest BCUT2D eigenvalue weighted by atomic mass is 79.9. The van der Waals surface area contributed by atoms with Crippen LogP contribution in [0.1, 0.15) is 0 Å². The number of hydrogen-bond acceptors (Lipinski definition) is 2. The second kappa shape index (κ2) is 3.68. The fourth-order valence-corrected chi connectivity index (χ4v) is 2.88. The van der Waals surface area contributed by atoms with Crippen LogP contribution in [0.3, 0.4) is 0 Å². The first kappa shape index (κ1) is 9.99. The molecule has 2 nitrogen and oxygen atoms in total. The SMILES string of the molecule is Fc1ccc2nc(-c3ccc(Br)s3)cn2c1. The van der Waals surface area contributed by atoms with Crippen molar-refractivity contribution < 1.29 is 4.39 Å². The van der Waals surface area contributed by atoms with Gasteiger partial charge in [-0.1, -0.05) is 0 Å². The lowest BCUT2D eigenvalue weighted by atomic mass is 10.4. The Hall–Kier alpha value is -1.20. The summed E-state index contributed by atoms with van der Waals surface area (Å²) in [6.45, 7) is 0. The number of aromatic nitrogens is 2. The van der Waals surface area contributed by atoms with Gasteiger partial charge in [-0.2, -0.15) is 0 Å². The minimum atomic E-state index is -0.260. The number of pyridine rings is 1. The van der Waals surface area contributed by atoms with Gasteiger partial charge in [0.1, 0.15) is 11.5 Å². The maximum Gasteiger partial charge on any atom is 0.139 e. The van der Waals surface area contributed by atoms with Crippen LogP contribution in [0.2, 0.25) is 0 Å². The zero-order chi connectivity index (χ0) is 11.1. The highest BCUT2D eigenvalue weighted by Gasteiger charge is 2.06. The van der Waals surface area contributed by atoms with Crippen LogP contribution in [0.5, 0.6) is 0 Å². The van der Waals surface area contributed by atoms with E-state index in [0.29, 0.717) is 0 Å². The highest BCUT2D eigenvalue weighted by Crippen LogP contribution is 2.30. The van der Waals surface area contributed by atoms with Gasteiger partial charge >= 0.3 is 0 Å². The normalized spacial score (nSPS) is 11.1. The van der Waals surface area contributed by atoms with Crippen LogP contribution in [0.4, 0.5) is 4.39 Å². The second-order valence-electron chi connectivity index (χ2n) is 3.34. The first-order valence-corrected chi connectivity index (χ1v) is 6.23. The van der Waals surface area contributed by atoms with E-state index >= 15 is 0 Å². The van der Waals surface area contributed by atoms with Crippen molar-refractivity contribution >= 4 is 32.9 Å². The van der Waals surface area contributed by atoms with Crippen LogP contribution >= 0.6 is 27.3 Å². The molecule has 0 radical (unpaired) electrons. The molecule has 0 fully saturated rings. The monoisotopic (exact) mass is 296 g/mol. The molecule has 0 aromatic carbocycles. The molecular weight excluding hydrogens is 291 g/mol. The lowest BCUT2D eigenvalue weighted by Gasteiger charge is -1.90. The Morgan fingerprint density at radius 2 is 2.06 bits per heavy atom. The fraction of sp³-hybridized carbons (Fsp3) is 0. The van der Waals surface area contributed by atoms with Crippen molar-refractivity contribution in [3.05, 3.63) is 46.3 Å². The smallest absolute Gasteiger partial charge is 0.139 e. The summed E-state index contributed by atoms with van der Waals surface area (Å²) >= 11 is 5.02. The largest absolute Gasteiger partial charge is 0.303 e. The van der Waals surface area contributed by atoms with Gasteiger partial charge in [0, 0.05) is 12.4 Å². The number of imidazole rings is 1. The molecule has 0 bridgehead atoms. The molecule has 0 saturated carbocycles. The molecule has 3 aromatic rings. The fourth-order valence-electron chi connectivity index (χ4n) is 1.54. The van der Waals surface area contributed by atoms with Gasteiger partial charge in [0.25, 0.3) is 0 Å². The van der Waals surface area contributed by atoms with Crippen LogP contribution in [-0.4, -0.2) is 9.38 Å². The lowest BCUT2D eigenvalue weighted by molar-refractivity contribution is 0.619. The number of rotatable bonds is 1. The maximum atomic E-state index is 13.0. The number of thiophene rings is 1. The second-order valence-corrected chi connectivity index (χ2v) is 5.81. The summed E-state index contributed by atoms with van der Waals surface area (Å²) in [5, 5.41) is 0. The molecule has 0 amide bonds. The van der Waals surface area contributed by atoms with Gasteiger partial charge in [-0.05, 0) is 40.2 Å². The third-order valence-electron chi connectivity index (χ3n) is 2.24. The summed E-state index contributed by atoms with van der Waals surface area (Å²) in [6.07, 6.45) is 3.26. The van der Waals surface area contributed by atoms with E-state index in [2.05, 4.69) is 20.9 Å². The summed E-state index contributed by atoms with van der Waals surface area (Å²) in [4.78, 5) is 5.49. The molecule has 0 unspecified atom stereocenters. The first-order valence-electron chi connectivity index (χ1n) is 4.62. The van der Waals surface area contributed by atoms with Gasteiger partial charge < -0.3 is 4.40 Å². The molecule has 3 aromatic heterocycles. The number of nitrogens with zero attached hydrogens (tertiary/aromatic N) is 2. The summed E-state index contributed by atoms with van der Waals surface area (Å²) < 4.78 is 15.8. The van der Waals surface area contributed by atoms with Crippen molar-refractivity contribution in [3.8, 4) is 10.6 Å². The zero-order valence-corrected chi connectivity index (χ0v) is 10.4. The van der Waals surface area contributed by atoms with E-state index in [1.54, 1.807) is 21.8 Å². The van der Waals surface area contributed by atoms with Gasteiger partial charge in [-0.25, -0.2) is 9.37 Å². The third-order valence-corrected chi connectivity index (χ3v) is 3.89. The first-order chi connectivity index (χ1) is 7.72. The molecule has 3 heterocycles. The molecule has 16 heavy (non-hydrogen) atoms. The van der Waals surface area contributed by atoms with Crippen LogP contribution in [-0.2, 0) is 0 Å². The van der Waals surface area contributed by atoms with E-state index in [1.165, 1.54) is 12.3 Å². The van der Waals surface area contributed by atoms with Gasteiger partial charge in [0.15, 0.2) is 0 Å². The van der Waals surface area contributed by atoms with Gasteiger partial charge in [0.05, 0.1) is 14.4 Å². The standard InChI is InChI=1S/C11H6BrFN2S/c12-10-3-2-9(16-10)8-6-15-5-7(13)1-4-11(15)14-8/h1-6H. The Morgan fingerprint density at radius 3 is 2.81 bits per heavy atom. The third kappa shape index (κ3) is 1.66.